The van der Waals surface area contributed by atoms with Gasteiger partial charge in [0.25, 0.3) is 0 Å². The maximum absolute atomic E-state index is 12.6. The van der Waals surface area contributed by atoms with E-state index in [0.29, 0.717) is 0 Å². The normalized spacial score (nSPS) is 26.0. The Kier molecular flexibility index (Phi) is 2.41. The number of halogens is 1. The van der Waals surface area contributed by atoms with E-state index >= 15 is 0 Å². The molecule has 0 aliphatic carbocycles. The summed E-state index contributed by atoms with van der Waals surface area (Å²) in [6, 6.07) is 7.67. The molecule has 0 saturated carbocycles. The fourth-order valence-electron chi connectivity index (χ4n) is 1.42. The van der Waals surface area contributed by atoms with E-state index in [-0.39, 0.29) is 17.9 Å². The first-order chi connectivity index (χ1) is 6.81. The molecule has 1 aliphatic rings. The lowest BCUT2D eigenvalue weighted by atomic mass is 10.0. The van der Waals surface area contributed by atoms with Gasteiger partial charge in [-0.3, -0.25) is 0 Å². The van der Waals surface area contributed by atoms with Crippen LogP contribution in [0.15, 0.2) is 24.3 Å². The molecule has 2 atom stereocenters. The van der Waals surface area contributed by atoms with Gasteiger partial charge in [-0.1, -0.05) is 12.1 Å². The first-order valence-electron chi connectivity index (χ1n) is 4.22. The highest BCUT2D eigenvalue weighted by Crippen LogP contribution is 2.18. The summed E-state index contributed by atoms with van der Waals surface area (Å²) in [5.74, 6) is -0.277. The molecule has 14 heavy (non-hydrogen) atoms. The molecule has 4 nitrogen and oxygen atoms in total. The molecule has 2 rings (SSSR count). The van der Waals surface area contributed by atoms with Crippen molar-refractivity contribution in [1.82, 2.24) is 16.4 Å². The Hall–Kier alpha value is -1.48. The van der Waals surface area contributed by atoms with Crippen LogP contribution in [0.5, 0.6) is 0 Å². The molecule has 0 radical (unpaired) electrons. The molecule has 2 unspecified atom stereocenters. The third-order valence-electron chi connectivity index (χ3n) is 2.16. The van der Waals surface area contributed by atoms with Crippen LogP contribution in [0.25, 0.3) is 0 Å². The van der Waals surface area contributed by atoms with Gasteiger partial charge in [0.15, 0.2) is 0 Å². The summed E-state index contributed by atoms with van der Waals surface area (Å²) in [7, 11) is 0. The maximum Gasteiger partial charge on any atom is 0.130 e. The zero-order valence-electron chi connectivity index (χ0n) is 7.29. The molecule has 5 heteroatoms. The highest BCUT2D eigenvalue weighted by Gasteiger charge is 2.27. The molecular formula is C9H9FN4. The molecule has 0 spiro atoms. The van der Waals surface area contributed by atoms with Crippen LogP contribution in [0, 0.1) is 17.1 Å². The smallest absolute Gasteiger partial charge is 0.130 e. The summed E-state index contributed by atoms with van der Waals surface area (Å²) < 4.78 is 12.6. The number of hydrogen-bond acceptors (Lipinski definition) is 4. The second-order valence-corrected chi connectivity index (χ2v) is 3.05. The molecule has 0 aromatic heterocycles. The predicted molar refractivity (Wildman–Crippen MR) is 47.9 cm³/mol. The maximum atomic E-state index is 12.6. The number of benzene rings is 1. The molecule has 1 heterocycles. The van der Waals surface area contributed by atoms with Crippen LogP contribution >= 0.6 is 0 Å². The lowest BCUT2D eigenvalue weighted by Crippen LogP contribution is -2.32. The van der Waals surface area contributed by atoms with Gasteiger partial charge in [-0.05, 0) is 17.7 Å². The van der Waals surface area contributed by atoms with Gasteiger partial charge in [-0.15, -0.1) is 0 Å². The molecule has 0 bridgehead atoms. The Morgan fingerprint density at radius 1 is 1.21 bits per heavy atom. The summed E-state index contributed by atoms with van der Waals surface area (Å²) in [6.45, 7) is 0. The van der Waals surface area contributed by atoms with Crippen LogP contribution in [-0.2, 0) is 0 Å². The Bertz CT molecular complexity index is 356. The molecule has 3 N–H and O–H groups in total. The van der Waals surface area contributed by atoms with Crippen LogP contribution in [0.3, 0.4) is 0 Å². The fraction of sp³-hybridized carbons (Fsp3) is 0.222. The largest absolute Gasteiger partial charge is 0.234 e. The SMILES string of the molecule is N#CC1NNNC1c1ccc(F)cc1. The van der Waals surface area contributed by atoms with Gasteiger partial charge in [0.05, 0.1) is 12.1 Å². The average molecular weight is 192 g/mol. The lowest BCUT2D eigenvalue weighted by molar-refractivity contribution is 0.554. The second-order valence-electron chi connectivity index (χ2n) is 3.05. The van der Waals surface area contributed by atoms with Crippen LogP contribution in [0.2, 0.25) is 0 Å². The van der Waals surface area contributed by atoms with E-state index in [4.69, 9.17) is 5.26 Å². The van der Waals surface area contributed by atoms with Gasteiger partial charge in [-0.25, -0.2) is 15.2 Å². The van der Waals surface area contributed by atoms with Crippen molar-refractivity contribution in [3.8, 4) is 6.07 Å². The highest BCUT2D eigenvalue weighted by atomic mass is 19.1. The number of nitrogens with zero attached hydrogens (tertiary/aromatic N) is 1. The first-order valence-corrected chi connectivity index (χ1v) is 4.22. The summed E-state index contributed by atoms with van der Waals surface area (Å²) in [5, 5.41) is 8.79. The number of rotatable bonds is 1. The molecule has 1 fully saturated rings. The number of nitriles is 1. The van der Waals surface area contributed by atoms with E-state index in [1.165, 1.54) is 12.1 Å². The van der Waals surface area contributed by atoms with Crippen molar-refractivity contribution in [1.29, 1.82) is 5.26 Å². The third kappa shape index (κ3) is 1.59. The van der Waals surface area contributed by atoms with Gasteiger partial charge >= 0.3 is 0 Å². The van der Waals surface area contributed by atoms with Crippen molar-refractivity contribution >= 4 is 0 Å². The van der Waals surface area contributed by atoms with Crippen LogP contribution in [0.1, 0.15) is 11.6 Å². The predicted octanol–water partition coefficient (Wildman–Crippen LogP) is 0.371. The average Bonchev–Trinajstić information content (AvgIpc) is 2.67. The quantitative estimate of drug-likeness (QED) is 0.601. The fourth-order valence-corrected chi connectivity index (χ4v) is 1.42. The molecular weight excluding hydrogens is 183 g/mol. The van der Waals surface area contributed by atoms with Crippen molar-refractivity contribution in [2.24, 2.45) is 0 Å². The zero-order chi connectivity index (χ0) is 9.97. The molecule has 1 aromatic rings. The lowest BCUT2D eigenvalue weighted by Gasteiger charge is -2.11. The van der Waals surface area contributed by atoms with Gasteiger partial charge in [0.2, 0.25) is 0 Å². The van der Waals surface area contributed by atoms with Crippen molar-refractivity contribution in [2.75, 3.05) is 0 Å². The van der Waals surface area contributed by atoms with Gasteiger partial charge in [0.1, 0.15) is 11.9 Å². The minimum Gasteiger partial charge on any atom is -0.234 e. The molecule has 1 saturated heterocycles. The van der Waals surface area contributed by atoms with E-state index in [0.717, 1.165) is 5.56 Å². The summed E-state index contributed by atoms with van der Waals surface area (Å²) >= 11 is 0. The van der Waals surface area contributed by atoms with Crippen molar-refractivity contribution in [2.45, 2.75) is 12.1 Å². The van der Waals surface area contributed by atoms with E-state index in [2.05, 4.69) is 22.5 Å². The number of hydrogen-bond donors (Lipinski definition) is 3. The second kappa shape index (κ2) is 3.72. The molecule has 72 valence electrons. The standard InChI is InChI=1S/C9H9FN4/c10-7-3-1-6(2-4-7)9-8(5-11)12-14-13-9/h1-4,8-9,12-14H. The van der Waals surface area contributed by atoms with Crippen LogP contribution < -0.4 is 16.4 Å². The minimum atomic E-state index is -0.347. The Morgan fingerprint density at radius 3 is 2.57 bits per heavy atom. The molecule has 0 amide bonds. The molecule has 1 aliphatic heterocycles. The van der Waals surface area contributed by atoms with Gasteiger partial charge in [-0.2, -0.15) is 10.8 Å². The summed E-state index contributed by atoms with van der Waals surface area (Å²) in [6.07, 6.45) is 0. The van der Waals surface area contributed by atoms with Crippen molar-refractivity contribution < 1.29 is 4.39 Å². The van der Waals surface area contributed by atoms with Gasteiger partial charge in [0, 0.05) is 0 Å². The highest BCUT2D eigenvalue weighted by molar-refractivity contribution is 5.24. The number of hydrazine groups is 2. The van der Waals surface area contributed by atoms with Gasteiger partial charge < -0.3 is 0 Å². The zero-order valence-corrected chi connectivity index (χ0v) is 7.29. The van der Waals surface area contributed by atoms with E-state index in [1.54, 1.807) is 12.1 Å². The summed E-state index contributed by atoms with van der Waals surface area (Å²) in [5.41, 5.74) is 9.18. The van der Waals surface area contributed by atoms with E-state index in [9.17, 15) is 4.39 Å². The Balaban J connectivity index is 2.23. The topological polar surface area (TPSA) is 59.9 Å². The van der Waals surface area contributed by atoms with E-state index < -0.39 is 0 Å². The summed E-state index contributed by atoms with van der Waals surface area (Å²) in [4.78, 5) is 0. The third-order valence-corrected chi connectivity index (χ3v) is 2.16. The first kappa shape index (κ1) is 9.09. The van der Waals surface area contributed by atoms with Crippen molar-refractivity contribution in [3.63, 3.8) is 0 Å². The van der Waals surface area contributed by atoms with Crippen LogP contribution in [0.4, 0.5) is 4.39 Å². The Labute approximate surface area is 80.7 Å². The minimum absolute atomic E-state index is 0.152. The molecule has 1 aromatic carbocycles. The monoisotopic (exact) mass is 192 g/mol. The van der Waals surface area contributed by atoms with Crippen molar-refractivity contribution in [3.05, 3.63) is 35.6 Å². The van der Waals surface area contributed by atoms with E-state index in [1.807, 2.05) is 0 Å². The number of nitrogens with one attached hydrogen (secondary N) is 3. The van der Waals surface area contributed by atoms with Crippen LogP contribution in [-0.4, -0.2) is 6.04 Å². The Morgan fingerprint density at radius 2 is 1.93 bits per heavy atom.